The van der Waals surface area contributed by atoms with Crippen LogP contribution in [-0.4, -0.2) is 63.1 Å². The number of para-hydroxylation sites is 1. The molecule has 0 spiro atoms. The molecule has 0 radical (unpaired) electrons. The van der Waals surface area contributed by atoms with E-state index in [1.807, 2.05) is 0 Å². The Hall–Kier alpha value is -2.19. The van der Waals surface area contributed by atoms with Gasteiger partial charge in [-0.3, -0.25) is 9.59 Å². The van der Waals surface area contributed by atoms with Gasteiger partial charge in [-0.1, -0.05) is 18.2 Å². The molecule has 1 aromatic rings. The van der Waals surface area contributed by atoms with E-state index >= 15 is 0 Å². The highest BCUT2D eigenvalue weighted by atomic mass is 32.2. The van der Waals surface area contributed by atoms with Crippen LogP contribution in [0.5, 0.6) is 5.75 Å². The first-order valence-corrected chi connectivity index (χ1v) is 11.8. The van der Waals surface area contributed by atoms with Crippen LogP contribution in [0.4, 0.5) is 0 Å². The van der Waals surface area contributed by atoms with Crippen LogP contribution >= 0.6 is 0 Å². The molecule has 11 nitrogen and oxygen atoms in total. The van der Waals surface area contributed by atoms with E-state index in [9.17, 15) is 28.1 Å². The molecule has 1 aromatic carbocycles. The minimum Gasteiger partial charge on any atom is -0.534 e. The van der Waals surface area contributed by atoms with Crippen LogP contribution in [0.25, 0.3) is 0 Å². The van der Waals surface area contributed by atoms with E-state index in [1.165, 1.54) is 6.07 Å². The number of carbonyl (C=O) groups excluding carboxylic acids is 2. The minimum atomic E-state index is -3.40. The Bertz CT molecular complexity index is 933. The zero-order valence-corrected chi connectivity index (χ0v) is 19.3. The van der Waals surface area contributed by atoms with Crippen LogP contribution in [-0.2, 0) is 35.5 Å². The maximum Gasteiger partial charge on any atom is 0.547 e. The number of amides is 1. The van der Waals surface area contributed by atoms with Crippen molar-refractivity contribution in [1.29, 1.82) is 0 Å². The second-order valence-electron chi connectivity index (χ2n) is 8.46. The summed E-state index contributed by atoms with van der Waals surface area (Å²) < 4.78 is 40.0. The van der Waals surface area contributed by atoms with E-state index in [1.54, 1.807) is 32.9 Å². The van der Waals surface area contributed by atoms with Gasteiger partial charge in [0.2, 0.25) is 15.9 Å². The van der Waals surface area contributed by atoms with Crippen molar-refractivity contribution in [3.63, 3.8) is 0 Å². The van der Waals surface area contributed by atoms with Gasteiger partial charge >= 0.3 is 13.1 Å². The van der Waals surface area contributed by atoms with Gasteiger partial charge < -0.3 is 29.6 Å². The largest absolute Gasteiger partial charge is 0.547 e. The predicted octanol–water partition coefficient (Wildman–Crippen LogP) is -0.380. The Morgan fingerprint density at radius 2 is 2.03 bits per heavy atom. The normalized spacial score (nSPS) is 17.2. The first kappa shape index (κ1) is 26.1. The maximum atomic E-state index is 12.1. The Balaban J connectivity index is 1.97. The Labute approximate surface area is 187 Å². The second kappa shape index (κ2) is 10.6. The first-order chi connectivity index (χ1) is 14.8. The lowest BCUT2D eigenvalue weighted by Gasteiger charge is -2.30. The summed E-state index contributed by atoms with van der Waals surface area (Å²) in [6.07, 6.45) is -0.381. The van der Waals surface area contributed by atoms with Gasteiger partial charge in [0.05, 0.1) is 17.6 Å². The molecule has 4 N–H and O–H groups in total. The van der Waals surface area contributed by atoms with Crippen LogP contribution in [0.2, 0.25) is 0 Å². The minimum absolute atomic E-state index is 0.0710. The molecule has 1 unspecified atom stereocenters. The number of carbonyl (C=O) groups is 2. The molecule has 0 bridgehead atoms. The van der Waals surface area contributed by atoms with E-state index < -0.39 is 53.5 Å². The SMILES string of the molecule is CC(C)(C)C(=O)OCOC(O)c1cccc2c1OB(O)[C@@H](NC(=O)CCNS(C)(=O)=O)C2. The fourth-order valence-corrected chi connectivity index (χ4v) is 3.33. The molecular weight excluding hydrogens is 443 g/mol. The third-order valence-electron chi connectivity index (χ3n) is 4.51. The molecule has 0 saturated carbocycles. The first-order valence-electron chi connectivity index (χ1n) is 9.95. The van der Waals surface area contributed by atoms with Crippen LogP contribution in [0.15, 0.2) is 18.2 Å². The summed E-state index contributed by atoms with van der Waals surface area (Å²) in [4.78, 5) is 23.8. The molecular formula is C19H29BN2O9S. The van der Waals surface area contributed by atoms with Crippen molar-refractivity contribution in [2.24, 2.45) is 5.41 Å². The van der Waals surface area contributed by atoms with Gasteiger partial charge in [0.15, 0.2) is 13.1 Å². The van der Waals surface area contributed by atoms with Crippen LogP contribution in [0.3, 0.4) is 0 Å². The van der Waals surface area contributed by atoms with Crippen molar-refractivity contribution < 1.29 is 42.3 Å². The van der Waals surface area contributed by atoms with Crippen molar-refractivity contribution in [3.8, 4) is 5.75 Å². The molecule has 13 heteroatoms. The van der Waals surface area contributed by atoms with Crippen molar-refractivity contribution >= 4 is 29.0 Å². The highest BCUT2D eigenvalue weighted by molar-refractivity contribution is 7.88. The third kappa shape index (κ3) is 7.75. The average Bonchev–Trinajstić information content (AvgIpc) is 2.66. The second-order valence-corrected chi connectivity index (χ2v) is 10.3. The van der Waals surface area contributed by atoms with E-state index in [0.717, 1.165) is 6.26 Å². The fraction of sp³-hybridized carbons (Fsp3) is 0.579. The summed E-state index contributed by atoms with van der Waals surface area (Å²) in [6.45, 7) is 4.52. The number of sulfonamides is 1. The van der Waals surface area contributed by atoms with E-state index in [4.69, 9.17) is 14.1 Å². The number of rotatable bonds is 9. The summed E-state index contributed by atoms with van der Waals surface area (Å²) in [5.74, 6) is -1.51. The summed E-state index contributed by atoms with van der Waals surface area (Å²) in [5.41, 5.74) is 0.130. The van der Waals surface area contributed by atoms with Gasteiger partial charge in [0, 0.05) is 18.5 Å². The lowest BCUT2D eigenvalue weighted by atomic mass is 9.72. The Kier molecular flexibility index (Phi) is 8.65. The quantitative estimate of drug-likeness (QED) is 0.213. The van der Waals surface area contributed by atoms with Gasteiger partial charge in [-0.05, 0) is 32.8 Å². The van der Waals surface area contributed by atoms with E-state index in [-0.39, 0.29) is 30.7 Å². The zero-order valence-electron chi connectivity index (χ0n) is 18.5. The molecule has 1 aliphatic heterocycles. The number of aliphatic hydroxyl groups is 1. The summed E-state index contributed by atoms with van der Waals surface area (Å²) >= 11 is 0. The number of nitrogens with one attached hydrogen (secondary N) is 2. The summed E-state index contributed by atoms with van der Waals surface area (Å²) in [7, 11) is -4.80. The van der Waals surface area contributed by atoms with Crippen molar-refractivity contribution in [1.82, 2.24) is 10.0 Å². The van der Waals surface area contributed by atoms with Crippen molar-refractivity contribution in [2.75, 3.05) is 19.6 Å². The van der Waals surface area contributed by atoms with Gasteiger partial charge in [-0.15, -0.1) is 0 Å². The van der Waals surface area contributed by atoms with Crippen molar-refractivity contribution in [3.05, 3.63) is 29.3 Å². The monoisotopic (exact) mass is 472 g/mol. The number of hydrogen-bond donors (Lipinski definition) is 4. The smallest absolute Gasteiger partial charge is 0.534 e. The molecule has 178 valence electrons. The standard InChI is InChI=1S/C19H29BN2O9S/c1-19(2,3)18(25)30-11-29-17(24)13-7-5-6-12-10-14(20(26)31-16(12)13)22-15(23)8-9-21-32(4,27)28/h5-7,14,17,21,24,26H,8-11H2,1-4H3,(H,22,23)/t14-,17?/m0/s1. The summed E-state index contributed by atoms with van der Waals surface area (Å²) in [6, 6.07) is 4.90. The third-order valence-corrected chi connectivity index (χ3v) is 5.24. The number of fused-ring (bicyclic) bond motifs is 1. The molecule has 2 rings (SSSR count). The number of esters is 1. The molecule has 1 heterocycles. The molecule has 2 atom stereocenters. The molecule has 32 heavy (non-hydrogen) atoms. The number of aliphatic hydroxyl groups excluding tert-OH is 1. The van der Waals surface area contributed by atoms with Gasteiger partial charge in [-0.2, -0.15) is 0 Å². The molecule has 1 aliphatic rings. The number of ether oxygens (including phenoxy) is 2. The van der Waals surface area contributed by atoms with E-state index in [0.29, 0.717) is 5.56 Å². The average molecular weight is 472 g/mol. The van der Waals surface area contributed by atoms with Gasteiger partial charge in [0.25, 0.3) is 0 Å². The lowest BCUT2D eigenvalue weighted by molar-refractivity contribution is -0.193. The van der Waals surface area contributed by atoms with Crippen molar-refractivity contribution in [2.45, 2.75) is 45.8 Å². The highest BCUT2D eigenvalue weighted by Gasteiger charge is 2.37. The number of benzene rings is 1. The zero-order chi connectivity index (χ0) is 24.1. The van der Waals surface area contributed by atoms with Crippen LogP contribution in [0.1, 0.15) is 44.6 Å². The predicted molar refractivity (Wildman–Crippen MR) is 115 cm³/mol. The fourth-order valence-electron chi connectivity index (χ4n) is 2.85. The molecule has 0 fully saturated rings. The van der Waals surface area contributed by atoms with Gasteiger partial charge in [0.1, 0.15) is 5.75 Å². The van der Waals surface area contributed by atoms with Crippen LogP contribution in [0, 0.1) is 5.41 Å². The molecule has 0 aromatic heterocycles. The molecule has 1 amide bonds. The maximum absolute atomic E-state index is 12.1. The Morgan fingerprint density at radius 1 is 1.34 bits per heavy atom. The van der Waals surface area contributed by atoms with E-state index in [2.05, 4.69) is 10.0 Å². The summed E-state index contributed by atoms with van der Waals surface area (Å²) in [5, 5.41) is 23.3. The number of hydrogen-bond acceptors (Lipinski definition) is 9. The topological polar surface area (TPSA) is 160 Å². The molecule has 0 saturated heterocycles. The van der Waals surface area contributed by atoms with Crippen LogP contribution < -0.4 is 14.7 Å². The molecule has 0 aliphatic carbocycles. The highest BCUT2D eigenvalue weighted by Crippen LogP contribution is 2.34. The Morgan fingerprint density at radius 3 is 2.66 bits per heavy atom. The lowest BCUT2D eigenvalue weighted by Crippen LogP contribution is -2.53. The van der Waals surface area contributed by atoms with Gasteiger partial charge in [-0.25, -0.2) is 13.1 Å².